The molecule has 0 saturated carbocycles. The second-order valence-corrected chi connectivity index (χ2v) is 6.31. The minimum absolute atomic E-state index is 0.409. The third-order valence-corrected chi connectivity index (χ3v) is 4.75. The Bertz CT molecular complexity index is 858. The van der Waals surface area contributed by atoms with Crippen molar-refractivity contribution in [2.75, 3.05) is 14.2 Å². The van der Waals surface area contributed by atoms with E-state index in [4.69, 9.17) is 21.1 Å². The summed E-state index contributed by atoms with van der Waals surface area (Å²) in [7, 11) is 2.99. The van der Waals surface area contributed by atoms with Crippen molar-refractivity contribution in [1.29, 1.82) is 0 Å². The zero-order valence-corrected chi connectivity index (χ0v) is 14.1. The molecule has 0 spiro atoms. The van der Waals surface area contributed by atoms with E-state index >= 15 is 0 Å². The molecule has 0 unspecified atom stereocenters. The van der Waals surface area contributed by atoms with E-state index in [1.165, 1.54) is 18.9 Å². The Kier molecular flexibility index (Phi) is 4.50. The smallest absolute Gasteiger partial charge is 0.355 e. The van der Waals surface area contributed by atoms with Gasteiger partial charge in [-0.2, -0.15) is 0 Å². The lowest BCUT2D eigenvalue weighted by molar-refractivity contribution is 0.0591. The van der Waals surface area contributed by atoms with Crippen molar-refractivity contribution in [2.45, 2.75) is 9.79 Å². The van der Waals surface area contributed by atoms with E-state index < -0.39 is 5.97 Å². The monoisotopic (exact) mass is 347 g/mol. The number of aromatic amines is 1. The van der Waals surface area contributed by atoms with E-state index in [1.54, 1.807) is 13.2 Å². The van der Waals surface area contributed by atoms with E-state index in [2.05, 4.69) is 4.98 Å². The minimum atomic E-state index is -0.409. The summed E-state index contributed by atoms with van der Waals surface area (Å²) in [6.45, 7) is 0. The molecule has 0 radical (unpaired) electrons. The van der Waals surface area contributed by atoms with Gasteiger partial charge < -0.3 is 14.5 Å². The molecule has 118 valence electrons. The molecule has 1 N–H and O–H groups in total. The number of carbonyl (C=O) groups excluding carboxylic acids is 1. The van der Waals surface area contributed by atoms with Gasteiger partial charge in [0.2, 0.25) is 0 Å². The van der Waals surface area contributed by atoms with E-state index in [0.29, 0.717) is 10.7 Å². The lowest BCUT2D eigenvalue weighted by Gasteiger charge is -2.05. The zero-order valence-electron chi connectivity index (χ0n) is 12.6. The highest BCUT2D eigenvalue weighted by molar-refractivity contribution is 7.99. The molecule has 4 nitrogen and oxygen atoms in total. The van der Waals surface area contributed by atoms with E-state index in [1.807, 2.05) is 36.4 Å². The fourth-order valence-electron chi connectivity index (χ4n) is 2.25. The van der Waals surface area contributed by atoms with Gasteiger partial charge in [0.05, 0.1) is 19.1 Å². The molecule has 3 rings (SSSR count). The van der Waals surface area contributed by atoms with Crippen molar-refractivity contribution < 1.29 is 14.3 Å². The van der Waals surface area contributed by atoms with Crippen molar-refractivity contribution in [3.8, 4) is 5.75 Å². The topological polar surface area (TPSA) is 51.3 Å². The van der Waals surface area contributed by atoms with Crippen molar-refractivity contribution in [3.05, 3.63) is 53.2 Å². The number of fused-ring (bicyclic) bond motifs is 1. The second kappa shape index (κ2) is 6.56. The van der Waals surface area contributed by atoms with Crippen molar-refractivity contribution in [1.82, 2.24) is 4.98 Å². The number of methoxy groups -OCH3 is 2. The molecular weight excluding hydrogens is 334 g/mol. The van der Waals surface area contributed by atoms with Gasteiger partial charge in [-0.1, -0.05) is 23.4 Å². The molecule has 0 saturated heterocycles. The average molecular weight is 348 g/mol. The highest BCUT2D eigenvalue weighted by Crippen LogP contribution is 2.38. The maximum absolute atomic E-state index is 12.1. The third-order valence-electron chi connectivity index (χ3n) is 3.38. The zero-order chi connectivity index (χ0) is 16.4. The first kappa shape index (κ1) is 15.8. The number of hydrogen-bond acceptors (Lipinski definition) is 4. The third kappa shape index (κ3) is 3.16. The molecule has 3 aromatic rings. The van der Waals surface area contributed by atoms with Crippen LogP contribution >= 0.6 is 23.4 Å². The standard InChI is InChI=1S/C17H14ClNO3S/c1-21-11-4-6-12(7-5-11)23-16-13-9-10(18)3-8-14(13)19-15(16)17(20)22-2/h3-9,19H,1-2H3. The first-order valence-corrected chi connectivity index (χ1v) is 8.03. The van der Waals surface area contributed by atoms with Crippen LogP contribution in [0.15, 0.2) is 52.3 Å². The number of carbonyl (C=O) groups is 1. The van der Waals surface area contributed by atoms with Crippen LogP contribution in [0.25, 0.3) is 10.9 Å². The van der Waals surface area contributed by atoms with Crippen LogP contribution in [0.5, 0.6) is 5.75 Å². The number of hydrogen-bond donors (Lipinski definition) is 1. The quantitative estimate of drug-likeness (QED) is 0.691. The maximum atomic E-state index is 12.1. The fourth-order valence-corrected chi connectivity index (χ4v) is 3.45. The summed E-state index contributed by atoms with van der Waals surface area (Å²) >= 11 is 7.58. The van der Waals surface area contributed by atoms with Gasteiger partial charge in [-0.25, -0.2) is 4.79 Å². The van der Waals surface area contributed by atoms with Gasteiger partial charge in [-0.15, -0.1) is 0 Å². The molecule has 0 fully saturated rings. The summed E-state index contributed by atoms with van der Waals surface area (Å²) in [6, 6.07) is 13.1. The highest BCUT2D eigenvalue weighted by Gasteiger charge is 2.19. The SMILES string of the molecule is COC(=O)c1[nH]c2ccc(Cl)cc2c1Sc1ccc(OC)cc1. The Balaban J connectivity index is 2.09. The number of ether oxygens (including phenoxy) is 2. The Labute approximate surface area is 142 Å². The van der Waals surface area contributed by atoms with Gasteiger partial charge in [0.15, 0.2) is 0 Å². The van der Waals surface area contributed by atoms with Crippen molar-refractivity contribution >= 4 is 40.2 Å². The Morgan fingerprint density at radius 3 is 2.52 bits per heavy atom. The molecule has 0 atom stereocenters. The van der Waals surface area contributed by atoms with Crippen LogP contribution in [0.2, 0.25) is 5.02 Å². The Morgan fingerprint density at radius 2 is 1.87 bits per heavy atom. The summed E-state index contributed by atoms with van der Waals surface area (Å²) in [5.74, 6) is 0.373. The van der Waals surface area contributed by atoms with Gasteiger partial charge in [0.25, 0.3) is 0 Å². The Hall–Kier alpha value is -2.11. The summed E-state index contributed by atoms with van der Waals surface area (Å²) in [5, 5.41) is 1.50. The van der Waals surface area contributed by atoms with Crippen molar-refractivity contribution in [3.63, 3.8) is 0 Å². The number of esters is 1. The molecule has 0 bridgehead atoms. The minimum Gasteiger partial charge on any atom is -0.497 e. The van der Waals surface area contributed by atoms with Gasteiger partial charge >= 0.3 is 5.97 Å². The summed E-state index contributed by atoms with van der Waals surface area (Å²) < 4.78 is 10.0. The van der Waals surface area contributed by atoms with E-state index in [9.17, 15) is 4.79 Å². The maximum Gasteiger partial charge on any atom is 0.355 e. The predicted molar refractivity (Wildman–Crippen MR) is 91.8 cm³/mol. The van der Waals surface area contributed by atoms with E-state index in [-0.39, 0.29) is 0 Å². The number of aromatic nitrogens is 1. The number of halogens is 1. The van der Waals surface area contributed by atoms with E-state index in [0.717, 1.165) is 26.4 Å². The molecule has 0 amide bonds. The number of H-pyrrole nitrogens is 1. The molecule has 0 aliphatic rings. The summed E-state index contributed by atoms with van der Waals surface area (Å²) in [4.78, 5) is 16.9. The first-order chi connectivity index (χ1) is 11.1. The molecule has 6 heteroatoms. The number of nitrogens with one attached hydrogen (secondary N) is 1. The van der Waals surface area contributed by atoms with Crippen LogP contribution in [0, 0.1) is 0 Å². The molecule has 0 aliphatic heterocycles. The van der Waals surface area contributed by atoms with Gasteiger partial charge in [-0.05, 0) is 42.5 Å². The molecule has 23 heavy (non-hydrogen) atoms. The van der Waals surface area contributed by atoms with Crippen LogP contribution < -0.4 is 4.74 Å². The molecular formula is C17H14ClNO3S. The molecule has 2 aromatic carbocycles. The second-order valence-electron chi connectivity index (χ2n) is 4.79. The normalized spacial score (nSPS) is 10.7. The Morgan fingerprint density at radius 1 is 1.13 bits per heavy atom. The molecule has 0 aliphatic carbocycles. The average Bonchev–Trinajstić information content (AvgIpc) is 2.93. The van der Waals surface area contributed by atoms with Gasteiger partial charge in [0.1, 0.15) is 11.4 Å². The molecule has 1 aromatic heterocycles. The van der Waals surface area contributed by atoms with Crippen LogP contribution in [-0.4, -0.2) is 25.2 Å². The van der Waals surface area contributed by atoms with Gasteiger partial charge in [0, 0.05) is 20.8 Å². The summed E-state index contributed by atoms with van der Waals surface area (Å²) in [5.41, 5.74) is 1.26. The largest absolute Gasteiger partial charge is 0.497 e. The van der Waals surface area contributed by atoms with Crippen LogP contribution in [0.1, 0.15) is 10.5 Å². The summed E-state index contributed by atoms with van der Waals surface area (Å²) in [6.07, 6.45) is 0. The predicted octanol–water partition coefficient (Wildman–Crippen LogP) is 4.77. The molecule has 1 heterocycles. The first-order valence-electron chi connectivity index (χ1n) is 6.84. The van der Waals surface area contributed by atoms with Gasteiger partial charge in [-0.3, -0.25) is 0 Å². The lowest BCUT2D eigenvalue weighted by Crippen LogP contribution is -2.02. The number of benzene rings is 2. The van der Waals surface area contributed by atoms with Crippen molar-refractivity contribution in [2.24, 2.45) is 0 Å². The van der Waals surface area contributed by atoms with Crippen LogP contribution in [-0.2, 0) is 4.74 Å². The highest BCUT2D eigenvalue weighted by atomic mass is 35.5. The van der Waals surface area contributed by atoms with Crippen LogP contribution in [0.3, 0.4) is 0 Å². The number of rotatable bonds is 4. The lowest BCUT2D eigenvalue weighted by atomic mass is 10.2. The van der Waals surface area contributed by atoms with Crippen LogP contribution in [0.4, 0.5) is 0 Å². The fraction of sp³-hybridized carbons (Fsp3) is 0.118.